The monoisotopic (exact) mass is 534 g/mol. The third-order valence-corrected chi connectivity index (χ3v) is 2.87. The van der Waals surface area contributed by atoms with Crippen LogP contribution in [0.4, 0.5) is 52.7 Å². The fourth-order valence-electron chi connectivity index (χ4n) is 1.55. The molecule has 0 rings (SSSR count). The highest BCUT2D eigenvalue weighted by atomic mass is 19.4. The van der Waals surface area contributed by atoms with E-state index in [0.29, 0.717) is 0 Å². The van der Waals surface area contributed by atoms with E-state index in [1.54, 1.807) is 0 Å². The van der Waals surface area contributed by atoms with Crippen LogP contribution in [0.2, 0.25) is 0 Å². The Morgan fingerprint density at radius 2 is 0.941 bits per heavy atom. The average molecular weight is 534 g/mol. The number of carbonyl (C=O) groups excluding carboxylic acids is 5. The van der Waals surface area contributed by atoms with Gasteiger partial charge in [-0.05, 0) is 0 Å². The molecule has 0 aromatic heterocycles. The van der Waals surface area contributed by atoms with E-state index in [1.165, 1.54) is 0 Å². The molecule has 0 saturated heterocycles. The Balaban J connectivity index is 6.37. The summed E-state index contributed by atoms with van der Waals surface area (Å²) in [6.07, 6.45) is -35.8. The second kappa shape index (κ2) is 10.8. The second-order valence-electron chi connectivity index (χ2n) is 5.41. The summed E-state index contributed by atoms with van der Waals surface area (Å²) in [5, 5.41) is 0. The molecule has 0 aliphatic rings. The van der Waals surface area contributed by atoms with Crippen molar-refractivity contribution in [2.75, 3.05) is 6.61 Å². The first-order valence-electron chi connectivity index (χ1n) is 7.54. The van der Waals surface area contributed by atoms with Crippen molar-refractivity contribution in [3.8, 4) is 0 Å². The average Bonchev–Trinajstić information content (AvgIpc) is 2.63. The number of carbonyl (C=O) groups is 5. The molecule has 0 aliphatic heterocycles. The van der Waals surface area contributed by atoms with Crippen molar-refractivity contribution in [1.29, 1.82) is 0 Å². The van der Waals surface area contributed by atoms with Gasteiger partial charge in [0.25, 0.3) is 0 Å². The standard InChI is InChI=1S/C13H6F12O9/c14-10(15,16)6(27)31-2-4(33-8(29)12(20,21)22)5(34-9(30)13(23,24)25)3(1-26)32-7(28)11(17,18)19/h1,3-5H,2H2. The van der Waals surface area contributed by atoms with Gasteiger partial charge in [-0.25, -0.2) is 19.2 Å². The van der Waals surface area contributed by atoms with Gasteiger partial charge in [-0.3, -0.25) is 4.79 Å². The SMILES string of the molecule is O=CC(OC(=O)C(F)(F)F)C(OC(=O)C(F)(F)F)C(COC(=O)C(F)(F)F)OC(=O)C(F)(F)F. The van der Waals surface area contributed by atoms with Gasteiger partial charge in [0.1, 0.15) is 6.61 Å². The first kappa shape index (κ1) is 30.7. The lowest BCUT2D eigenvalue weighted by atomic mass is 10.1. The van der Waals surface area contributed by atoms with Gasteiger partial charge < -0.3 is 18.9 Å². The van der Waals surface area contributed by atoms with Crippen molar-refractivity contribution in [2.45, 2.75) is 43.0 Å². The minimum absolute atomic E-state index is 1.07. The van der Waals surface area contributed by atoms with E-state index in [-0.39, 0.29) is 0 Å². The number of ether oxygens (including phenoxy) is 4. The second-order valence-corrected chi connectivity index (χ2v) is 5.41. The maximum atomic E-state index is 12.4. The molecule has 0 heterocycles. The summed E-state index contributed by atoms with van der Waals surface area (Å²) < 4.78 is 162. The zero-order chi connectivity index (χ0) is 27.3. The normalized spacial score (nSPS) is 15.4. The molecule has 9 nitrogen and oxygen atoms in total. The van der Waals surface area contributed by atoms with E-state index >= 15 is 0 Å². The first-order valence-corrected chi connectivity index (χ1v) is 7.54. The van der Waals surface area contributed by atoms with Gasteiger partial charge in [0.15, 0.2) is 24.6 Å². The van der Waals surface area contributed by atoms with Crippen LogP contribution in [0.25, 0.3) is 0 Å². The van der Waals surface area contributed by atoms with Crippen LogP contribution in [0, 0.1) is 0 Å². The summed E-state index contributed by atoms with van der Waals surface area (Å²) >= 11 is 0. The molecule has 21 heteroatoms. The minimum Gasteiger partial charge on any atom is -0.455 e. The molecule has 3 unspecified atom stereocenters. The molecule has 3 atom stereocenters. The van der Waals surface area contributed by atoms with Gasteiger partial charge in [0.05, 0.1) is 0 Å². The molecular formula is C13H6F12O9. The van der Waals surface area contributed by atoms with E-state index in [4.69, 9.17) is 0 Å². The Morgan fingerprint density at radius 3 is 1.29 bits per heavy atom. The Labute approximate surface area is 176 Å². The summed E-state index contributed by atoms with van der Waals surface area (Å²) in [6, 6.07) is 0. The topological polar surface area (TPSA) is 122 Å². The van der Waals surface area contributed by atoms with Crippen LogP contribution in [0.3, 0.4) is 0 Å². The van der Waals surface area contributed by atoms with Gasteiger partial charge in [-0.15, -0.1) is 0 Å². The highest BCUT2D eigenvalue weighted by molar-refractivity contribution is 5.80. The van der Waals surface area contributed by atoms with E-state index in [1.807, 2.05) is 0 Å². The van der Waals surface area contributed by atoms with E-state index in [9.17, 15) is 76.7 Å². The summed E-state index contributed by atoms with van der Waals surface area (Å²) in [6.45, 7) is -2.39. The zero-order valence-corrected chi connectivity index (χ0v) is 15.2. The van der Waals surface area contributed by atoms with E-state index in [2.05, 4.69) is 18.9 Å². The lowest BCUT2D eigenvalue weighted by molar-refractivity contribution is -0.238. The maximum absolute atomic E-state index is 12.4. The van der Waals surface area contributed by atoms with Crippen molar-refractivity contribution in [1.82, 2.24) is 0 Å². The number of halogens is 12. The smallest absolute Gasteiger partial charge is 0.455 e. The van der Waals surface area contributed by atoms with Crippen LogP contribution < -0.4 is 0 Å². The molecular weight excluding hydrogens is 528 g/mol. The molecule has 0 aliphatic carbocycles. The van der Waals surface area contributed by atoms with Crippen LogP contribution in [0.1, 0.15) is 0 Å². The number of hydrogen-bond acceptors (Lipinski definition) is 9. The Kier molecular flexibility index (Phi) is 9.72. The fraction of sp³-hybridized carbons (Fsp3) is 0.615. The van der Waals surface area contributed by atoms with Gasteiger partial charge in [0, 0.05) is 0 Å². The third kappa shape index (κ3) is 9.68. The van der Waals surface area contributed by atoms with Gasteiger partial charge >= 0.3 is 48.6 Å². The number of hydrogen-bond donors (Lipinski definition) is 0. The summed E-state index contributed by atoms with van der Waals surface area (Å²) in [7, 11) is 0. The largest absolute Gasteiger partial charge is 0.490 e. The zero-order valence-electron chi connectivity index (χ0n) is 15.2. The molecule has 0 saturated carbocycles. The van der Waals surface area contributed by atoms with Crippen molar-refractivity contribution in [3.63, 3.8) is 0 Å². The highest BCUT2D eigenvalue weighted by Crippen LogP contribution is 2.26. The number of rotatable bonds is 8. The highest BCUT2D eigenvalue weighted by Gasteiger charge is 2.52. The molecule has 0 aromatic carbocycles. The molecule has 0 N–H and O–H groups in total. The number of alkyl halides is 12. The van der Waals surface area contributed by atoms with Gasteiger partial charge in [0.2, 0.25) is 0 Å². The molecule has 0 amide bonds. The van der Waals surface area contributed by atoms with Crippen LogP contribution in [0.15, 0.2) is 0 Å². The first-order chi connectivity index (χ1) is 15.0. The molecule has 34 heavy (non-hydrogen) atoms. The molecule has 0 bridgehead atoms. The van der Waals surface area contributed by atoms with Crippen molar-refractivity contribution >= 4 is 30.2 Å². The number of aldehydes is 1. The maximum Gasteiger partial charge on any atom is 0.490 e. The van der Waals surface area contributed by atoms with Crippen LogP contribution >= 0.6 is 0 Å². The van der Waals surface area contributed by atoms with Crippen LogP contribution in [0.5, 0.6) is 0 Å². The summed E-state index contributed by atoms with van der Waals surface area (Å²) in [5.74, 6) is -13.7. The van der Waals surface area contributed by atoms with Crippen molar-refractivity contribution < 1.29 is 95.6 Å². The Morgan fingerprint density at radius 1 is 0.588 bits per heavy atom. The summed E-state index contributed by atoms with van der Waals surface area (Å²) in [4.78, 5) is 54.4. The lowest BCUT2D eigenvalue weighted by Gasteiger charge is -2.30. The minimum atomic E-state index is -6.11. The molecule has 196 valence electrons. The Hall–Kier alpha value is -3.29. The van der Waals surface area contributed by atoms with Crippen molar-refractivity contribution in [3.05, 3.63) is 0 Å². The molecule has 0 radical (unpaired) electrons. The van der Waals surface area contributed by atoms with E-state index in [0.717, 1.165) is 0 Å². The molecule has 0 spiro atoms. The number of esters is 4. The third-order valence-electron chi connectivity index (χ3n) is 2.87. The summed E-state index contributed by atoms with van der Waals surface area (Å²) in [5.41, 5.74) is 0. The predicted molar refractivity (Wildman–Crippen MR) is 70.9 cm³/mol. The van der Waals surface area contributed by atoms with Gasteiger partial charge in [-0.2, -0.15) is 52.7 Å². The molecule has 0 aromatic rings. The Bertz CT molecular complexity index is 780. The van der Waals surface area contributed by atoms with Gasteiger partial charge in [-0.1, -0.05) is 0 Å². The predicted octanol–water partition coefficient (Wildman–Crippen LogP) is 1.71. The quantitative estimate of drug-likeness (QED) is 0.198. The van der Waals surface area contributed by atoms with E-state index < -0.39 is 79.8 Å². The fourth-order valence-corrected chi connectivity index (χ4v) is 1.55. The molecule has 0 fully saturated rings. The van der Waals surface area contributed by atoms with Crippen LogP contribution in [-0.2, 0) is 42.9 Å². The lowest BCUT2D eigenvalue weighted by Crippen LogP contribution is -2.52. The van der Waals surface area contributed by atoms with Crippen molar-refractivity contribution in [2.24, 2.45) is 0 Å². The van der Waals surface area contributed by atoms with Crippen LogP contribution in [-0.4, -0.2) is 79.8 Å².